The van der Waals surface area contributed by atoms with Crippen molar-refractivity contribution >= 4 is 11.6 Å². The molecule has 2 aromatic heterocycles. The zero-order valence-corrected chi connectivity index (χ0v) is 20.0. The molecule has 2 aliphatic heterocycles. The van der Waals surface area contributed by atoms with E-state index < -0.39 is 0 Å². The molecule has 1 atom stereocenters. The van der Waals surface area contributed by atoms with Crippen molar-refractivity contribution in [2.45, 2.75) is 38.5 Å². The number of anilines is 1. The van der Waals surface area contributed by atoms with Crippen LogP contribution in [0, 0.1) is 5.92 Å². The number of fused-ring (bicyclic) bond motifs is 1. The van der Waals surface area contributed by atoms with E-state index in [0.29, 0.717) is 5.92 Å². The lowest BCUT2D eigenvalue weighted by Gasteiger charge is -2.36. The second-order valence-electron chi connectivity index (χ2n) is 9.29. The van der Waals surface area contributed by atoms with Gasteiger partial charge in [-0.15, -0.1) is 0 Å². The van der Waals surface area contributed by atoms with Gasteiger partial charge >= 0.3 is 0 Å². The van der Waals surface area contributed by atoms with Crippen LogP contribution in [0.5, 0.6) is 0 Å². The van der Waals surface area contributed by atoms with Crippen molar-refractivity contribution in [3.8, 4) is 22.5 Å². The lowest BCUT2D eigenvalue weighted by Crippen LogP contribution is -2.39. The fourth-order valence-corrected chi connectivity index (χ4v) is 5.19. The van der Waals surface area contributed by atoms with E-state index in [0.717, 1.165) is 66.1 Å². The summed E-state index contributed by atoms with van der Waals surface area (Å²) in [5.41, 5.74) is 6.92. The van der Waals surface area contributed by atoms with Crippen LogP contribution in [-0.2, 0) is 15.9 Å². The van der Waals surface area contributed by atoms with Crippen molar-refractivity contribution in [2.24, 2.45) is 5.92 Å². The van der Waals surface area contributed by atoms with Gasteiger partial charge in [0.25, 0.3) is 5.91 Å². The van der Waals surface area contributed by atoms with Gasteiger partial charge in [0, 0.05) is 80.1 Å². The lowest BCUT2D eigenvalue weighted by molar-refractivity contribution is -0.141. The Balaban J connectivity index is 1.30. The monoisotopic (exact) mass is 460 g/mol. The minimum absolute atomic E-state index is 0.00915. The van der Waals surface area contributed by atoms with E-state index in [1.165, 1.54) is 5.69 Å². The molecule has 7 nitrogen and oxygen atoms in total. The predicted molar refractivity (Wildman–Crippen MR) is 133 cm³/mol. The number of nitrogens with one attached hydrogen (secondary N) is 2. The normalized spacial score (nSPS) is 18.8. The Morgan fingerprint density at radius 1 is 1.03 bits per heavy atom. The first-order valence-electron chi connectivity index (χ1n) is 12.0. The fourth-order valence-electron chi connectivity index (χ4n) is 5.19. The van der Waals surface area contributed by atoms with Crippen molar-refractivity contribution in [1.29, 1.82) is 0 Å². The zero-order chi connectivity index (χ0) is 23.7. The molecule has 0 bridgehead atoms. The molecular weight excluding hydrogens is 428 g/mol. The third-order valence-corrected chi connectivity index (χ3v) is 7.02. The van der Waals surface area contributed by atoms with Gasteiger partial charge in [0.1, 0.15) is 0 Å². The summed E-state index contributed by atoms with van der Waals surface area (Å²) in [6, 6.07) is 14.8. The molecule has 5 rings (SSSR count). The number of carbonyl (C=O) groups excluding carboxylic acids is 1. The molecule has 2 aliphatic rings. The summed E-state index contributed by atoms with van der Waals surface area (Å²) in [4.78, 5) is 22.8. The molecule has 1 saturated heterocycles. The summed E-state index contributed by atoms with van der Waals surface area (Å²) in [5, 5.41) is 3.00. The number of carbonyl (C=O) groups is 1. The van der Waals surface area contributed by atoms with Gasteiger partial charge in [-0.05, 0) is 50.1 Å². The van der Waals surface area contributed by atoms with Crippen LogP contribution in [0.4, 0.5) is 5.69 Å². The van der Waals surface area contributed by atoms with Crippen molar-refractivity contribution in [1.82, 2.24) is 15.3 Å². The molecule has 3 aromatic rings. The Morgan fingerprint density at radius 3 is 2.47 bits per heavy atom. The minimum atomic E-state index is -0.120. The Hall–Kier alpha value is -3.16. The number of nitrogens with zero attached hydrogens (tertiary/aromatic N) is 2. The highest BCUT2D eigenvalue weighted by Gasteiger charge is 2.27. The van der Waals surface area contributed by atoms with Gasteiger partial charge in [0.15, 0.2) is 6.29 Å². The minimum Gasteiger partial charge on any atom is -0.372 e. The summed E-state index contributed by atoms with van der Waals surface area (Å²) in [6.07, 6.45) is 4.62. The molecule has 0 aliphatic carbocycles. The maximum Gasteiger partial charge on any atom is 0.253 e. The molecule has 2 N–H and O–H groups in total. The molecule has 7 heteroatoms. The van der Waals surface area contributed by atoms with Gasteiger partial charge in [0.2, 0.25) is 0 Å². The number of hydrogen-bond donors (Lipinski definition) is 2. The molecule has 0 spiro atoms. The highest BCUT2D eigenvalue weighted by atomic mass is 16.7. The van der Waals surface area contributed by atoms with Gasteiger partial charge in [0.05, 0.1) is 11.3 Å². The third kappa shape index (κ3) is 4.45. The second-order valence-corrected chi connectivity index (χ2v) is 9.29. The first-order chi connectivity index (χ1) is 16.6. The summed E-state index contributed by atoms with van der Waals surface area (Å²) in [7, 11) is 3.42. The third-order valence-electron chi connectivity index (χ3n) is 7.02. The van der Waals surface area contributed by atoms with E-state index in [1.807, 2.05) is 25.3 Å². The standard InChI is InChI=1S/C27H32N4O3/c1-17-14-25-22(26(32)29-17)16-24(30-25)20-8-11-28-23(15-20)18-4-6-21(7-5-18)31-12-9-19(10-13-31)27(33-2)34-3/h4-8,11,15-17,19,27,30H,9-10,12-14H2,1-3H3,(H,29,32). The number of ether oxygens (including phenoxy) is 2. The number of benzene rings is 1. The largest absolute Gasteiger partial charge is 0.372 e. The number of hydrogen-bond acceptors (Lipinski definition) is 5. The summed E-state index contributed by atoms with van der Waals surface area (Å²) < 4.78 is 10.9. The summed E-state index contributed by atoms with van der Waals surface area (Å²) in [5.74, 6) is 0.426. The van der Waals surface area contributed by atoms with Gasteiger partial charge in [-0.3, -0.25) is 9.78 Å². The van der Waals surface area contributed by atoms with Crippen LogP contribution in [0.1, 0.15) is 35.8 Å². The summed E-state index contributed by atoms with van der Waals surface area (Å²) in [6.45, 7) is 4.00. The number of aromatic amines is 1. The van der Waals surface area contributed by atoms with Crippen molar-refractivity contribution < 1.29 is 14.3 Å². The zero-order valence-electron chi connectivity index (χ0n) is 20.0. The predicted octanol–water partition coefficient (Wildman–Crippen LogP) is 4.25. The molecule has 0 radical (unpaired) electrons. The van der Waals surface area contributed by atoms with Crippen LogP contribution in [0.3, 0.4) is 0 Å². The highest BCUT2D eigenvalue weighted by Crippen LogP contribution is 2.30. The van der Waals surface area contributed by atoms with Crippen LogP contribution in [0.25, 0.3) is 22.5 Å². The van der Waals surface area contributed by atoms with Crippen molar-refractivity contribution in [3.63, 3.8) is 0 Å². The van der Waals surface area contributed by atoms with Crippen LogP contribution in [0.15, 0.2) is 48.7 Å². The average Bonchev–Trinajstić information content (AvgIpc) is 3.30. The van der Waals surface area contributed by atoms with E-state index >= 15 is 0 Å². The topological polar surface area (TPSA) is 79.5 Å². The van der Waals surface area contributed by atoms with Crippen LogP contribution in [-0.4, -0.2) is 55.5 Å². The Bertz CT molecular complexity index is 1140. The van der Waals surface area contributed by atoms with E-state index in [-0.39, 0.29) is 18.2 Å². The van der Waals surface area contributed by atoms with Gasteiger partial charge in [-0.25, -0.2) is 0 Å². The first kappa shape index (κ1) is 22.6. The fraction of sp³-hybridized carbons (Fsp3) is 0.407. The number of H-pyrrole nitrogens is 1. The average molecular weight is 461 g/mol. The van der Waals surface area contributed by atoms with E-state index in [9.17, 15) is 4.79 Å². The maximum absolute atomic E-state index is 12.3. The van der Waals surface area contributed by atoms with Gasteiger partial charge < -0.3 is 24.7 Å². The van der Waals surface area contributed by atoms with Gasteiger partial charge in [-0.2, -0.15) is 0 Å². The number of methoxy groups -OCH3 is 2. The molecule has 1 fully saturated rings. The van der Waals surface area contributed by atoms with Crippen LogP contribution in [0.2, 0.25) is 0 Å². The quantitative estimate of drug-likeness (QED) is 0.538. The number of aromatic nitrogens is 2. The van der Waals surface area contributed by atoms with Crippen LogP contribution < -0.4 is 10.2 Å². The molecular formula is C27H32N4O3. The molecule has 4 heterocycles. The first-order valence-corrected chi connectivity index (χ1v) is 12.0. The molecule has 0 saturated carbocycles. The Morgan fingerprint density at radius 2 is 1.76 bits per heavy atom. The van der Waals surface area contributed by atoms with Gasteiger partial charge in [-0.1, -0.05) is 12.1 Å². The molecule has 178 valence electrons. The molecule has 34 heavy (non-hydrogen) atoms. The maximum atomic E-state index is 12.3. The smallest absolute Gasteiger partial charge is 0.253 e. The van der Waals surface area contributed by atoms with Crippen LogP contribution >= 0.6 is 0 Å². The van der Waals surface area contributed by atoms with Crippen molar-refractivity contribution in [3.05, 3.63) is 59.9 Å². The number of piperidine rings is 1. The van der Waals surface area contributed by atoms with E-state index in [1.54, 1.807) is 14.2 Å². The number of amides is 1. The SMILES string of the molecule is COC(OC)C1CCN(c2ccc(-c3cc(-c4cc5c([nH]4)CC(C)NC5=O)ccn3)cc2)CC1. The van der Waals surface area contributed by atoms with E-state index in [2.05, 4.69) is 50.5 Å². The highest BCUT2D eigenvalue weighted by molar-refractivity contribution is 5.98. The molecule has 1 amide bonds. The molecule has 1 unspecified atom stereocenters. The molecule has 1 aromatic carbocycles. The summed E-state index contributed by atoms with van der Waals surface area (Å²) >= 11 is 0. The Kier molecular flexibility index (Phi) is 6.39. The number of pyridine rings is 1. The van der Waals surface area contributed by atoms with E-state index in [4.69, 9.17) is 9.47 Å². The second kappa shape index (κ2) is 9.60. The lowest BCUT2D eigenvalue weighted by atomic mass is 9.95. The van der Waals surface area contributed by atoms with Crippen molar-refractivity contribution in [2.75, 3.05) is 32.2 Å². The number of rotatable bonds is 6. The Labute approximate surface area is 200 Å².